The van der Waals surface area contributed by atoms with Gasteiger partial charge in [0.1, 0.15) is 6.54 Å². The summed E-state index contributed by atoms with van der Waals surface area (Å²) >= 11 is 0. The Balaban J connectivity index is 1.63. The van der Waals surface area contributed by atoms with Gasteiger partial charge in [0.25, 0.3) is 0 Å². The number of rotatable bonds is 10. The van der Waals surface area contributed by atoms with Crippen molar-refractivity contribution >= 4 is 6.09 Å². The van der Waals surface area contributed by atoms with Crippen LogP contribution in [-0.4, -0.2) is 22.8 Å². The van der Waals surface area contributed by atoms with E-state index in [4.69, 9.17) is 9.26 Å². The average molecular weight is 331 g/mol. The summed E-state index contributed by atoms with van der Waals surface area (Å²) in [7, 11) is 0. The number of aromatic nitrogens is 2. The number of benzene rings is 1. The highest BCUT2D eigenvalue weighted by atomic mass is 16.5. The van der Waals surface area contributed by atoms with E-state index in [1.165, 1.54) is 12.0 Å². The van der Waals surface area contributed by atoms with E-state index < -0.39 is 6.09 Å². The van der Waals surface area contributed by atoms with Gasteiger partial charge in [0.05, 0.1) is 6.61 Å². The van der Waals surface area contributed by atoms with Crippen molar-refractivity contribution in [2.45, 2.75) is 52.0 Å². The van der Waals surface area contributed by atoms with Crippen molar-refractivity contribution in [1.82, 2.24) is 15.5 Å². The Labute approximate surface area is 142 Å². The summed E-state index contributed by atoms with van der Waals surface area (Å²) in [6.07, 6.45) is 5.41. The minimum absolute atomic E-state index is 0.187. The van der Waals surface area contributed by atoms with Crippen LogP contribution >= 0.6 is 0 Å². The predicted molar refractivity (Wildman–Crippen MR) is 90.5 cm³/mol. The quantitative estimate of drug-likeness (QED) is 0.672. The maximum Gasteiger partial charge on any atom is 0.407 e. The lowest BCUT2D eigenvalue weighted by Crippen LogP contribution is -2.24. The third-order valence-electron chi connectivity index (χ3n) is 3.61. The number of aryl methyl sites for hydroxylation is 2. The first-order chi connectivity index (χ1) is 11.8. The van der Waals surface area contributed by atoms with Crippen LogP contribution in [0.5, 0.6) is 0 Å². The smallest absolute Gasteiger partial charge is 0.407 e. The third kappa shape index (κ3) is 6.81. The Morgan fingerprint density at radius 1 is 1.17 bits per heavy atom. The summed E-state index contributed by atoms with van der Waals surface area (Å²) in [5, 5.41) is 6.55. The molecule has 0 radical (unpaired) electrons. The first-order valence-corrected chi connectivity index (χ1v) is 8.54. The monoisotopic (exact) mass is 331 g/mol. The standard InChI is InChI=1S/C18H25N3O3/c1-2-3-4-8-13-23-18(22)19-14-17-20-16(21-24-17)12-11-15-9-6-5-7-10-15/h5-7,9-10H,2-4,8,11-14H2,1H3,(H,19,22). The number of alkyl carbamates (subject to hydrolysis) is 1. The Morgan fingerprint density at radius 2 is 2.00 bits per heavy atom. The summed E-state index contributed by atoms with van der Waals surface area (Å²) in [6.45, 7) is 2.77. The van der Waals surface area contributed by atoms with Crippen LogP contribution in [0.25, 0.3) is 0 Å². The molecule has 0 atom stereocenters. The van der Waals surface area contributed by atoms with E-state index in [9.17, 15) is 4.79 Å². The Morgan fingerprint density at radius 3 is 2.79 bits per heavy atom. The van der Waals surface area contributed by atoms with Crippen molar-refractivity contribution in [1.29, 1.82) is 0 Å². The van der Waals surface area contributed by atoms with Gasteiger partial charge in [0.2, 0.25) is 5.89 Å². The van der Waals surface area contributed by atoms with Crippen LogP contribution in [0.4, 0.5) is 4.79 Å². The number of amides is 1. The highest BCUT2D eigenvalue weighted by molar-refractivity contribution is 5.66. The maximum atomic E-state index is 11.5. The fourth-order valence-electron chi connectivity index (χ4n) is 2.26. The first kappa shape index (κ1) is 18.0. The fraction of sp³-hybridized carbons (Fsp3) is 0.500. The predicted octanol–water partition coefficient (Wildman–Crippen LogP) is 3.66. The number of nitrogens with zero attached hydrogens (tertiary/aromatic N) is 2. The fourth-order valence-corrected chi connectivity index (χ4v) is 2.26. The topological polar surface area (TPSA) is 77.2 Å². The van der Waals surface area contributed by atoms with Crippen molar-refractivity contribution in [3.63, 3.8) is 0 Å². The molecule has 2 aromatic rings. The molecule has 0 aliphatic carbocycles. The molecule has 1 aromatic carbocycles. The highest BCUT2D eigenvalue weighted by Gasteiger charge is 2.09. The van der Waals surface area contributed by atoms with Gasteiger partial charge in [-0.05, 0) is 18.4 Å². The molecule has 130 valence electrons. The minimum atomic E-state index is -0.449. The molecule has 0 saturated carbocycles. The van der Waals surface area contributed by atoms with Crippen molar-refractivity contribution in [2.24, 2.45) is 0 Å². The summed E-state index contributed by atoms with van der Waals surface area (Å²) in [5.41, 5.74) is 1.23. The van der Waals surface area contributed by atoms with Gasteiger partial charge in [-0.15, -0.1) is 0 Å². The minimum Gasteiger partial charge on any atom is -0.450 e. The maximum absolute atomic E-state index is 11.5. The molecule has 2 rings (SSSR count). The molecule has 1 amide bonds. The summed E-state index contributed by atoms with van der Waals surface area (Å²) in [6, 6.07) is 10.1. The second kappa shape index (κ2) is 10.4. The van der Waals surface area contributed by atoms with Gasteiger partial charge in [0.15, 0.2) is 5.82 Å². The van der Waals surface area contributed by atoms with Crippen molar-refractivity contribution in [3.05, 3.63) is 47.6 Å². The molecule has 0 fully saturated rings. The molecule has 0 aliphatic rings. The van der Waals surface area contributed by atoms with E-state index in [-0.39, 0.29) is 6.54 Å². The van der Waals surface area contributed by atoms with Gasteiger partial charge >= 0.3 is 6.09 Å². The van der Waals surface area contributed by atoms with E-state index in [2.05, 4.69) is 34.5 Å². The van der Waals surface area contributed by atoms with Crippen LogP contribution in [-0.2, 0) is 24.1 Å². The second-order valence-electron chi connectivity index (χ2n) is 5.64. The summed E-state index contributed by atoms with van der Waals surface area (Å²) < 4.78 is 10.2. The number of carbonyl (C=O) groups is 1. The van der Waals surface area contributed by atoms with Crippen LogP contribution < -0.4 is 5.32 Å². The molecule has 1 heterocycles. The lowest BCUT2D eigenvalue weighted by molar-refractivity contribution is 0.142. The number of nitrogens with one attached hydrogen (secondary N) is 1. The Hall–Kier alpha value is -2.37. The van der Waals surface area contributed by atoms with Crippen molar-refractivity contribution in [2.75, 3.05) is 6.61 Å². The molecular weight excluding hydrogens is 306 g/mol. The largest absolute Gasteiger partial charge is 0.450 e. The SMILES string of the molecule is CCCCCCOC(=O)NCc1nc(CCc2ccccc2)no1. The van der Waals surface area contributed by atoms with Crippen LogP contribution in [0.1, 0.15) is 49.9 Å². The van der Waals surface area contributed by atoms with Gasteiger partial charge in [0, 0.05) is 6.42 Å². The van der Waals surface area contributed by atoms with Crippen molar-refractivity contribution in [3.8, 4) is 0 Å². The Kier molecular flexibility index (Phi) is 7.80. The summed E-state index contributed by atoms with van der Waals surface area (Å²) in [4.78, 5) is 15.8. The molecular formula is C18H25N3O3. The summed E-state index contributed by atoms with van der Waals surface area (Å²) in [5.74, 6) is 1.03. The van der Waals surface area contributed by atoms with E-state index in [1.54, 1.807) is 0 Å². The number of carbonyl (C=O) groups excluding carboxylic acids is 1. The van der Waals surface area contributed by atoms with E-state index in [1.807, 2.05) is 18.2 Å². The zero-order chi connectivity index (χ0) is 17.0. The highest BCUT2D eigenvalue weighted by Crippen LogP contribution is 2.05. The normalized spacial score (nSPS) is 10.5. The van der Waals surface area contributed by atoms with E-state index >= 15 is 0 Å². The first-order valence-electron chi connectivity index (χ1n) is 8.54. The van der Waals surface area contributed by atoms with Gasteiger partial charge in [-0.2, -0.15) is 4.98 Å². The zero-order valence-electron chi connectivity index (χ0n) is 14.2. The molecule has 0 aliphatic heterocycles. The number of hydrogen-bond acceptors (Lipinski definition) is 5. The van der Waals surface area contributed by atoms with Crippen LogP contribution in [0.2, 0.25) is 0 Å². The van der Waals surface area contributed by atoms with Crippen LogP contribution in [0, 0.1) is 0 Å². The molecule has 24 heavy (non-hydrogen) atoms. The third-order valence-corrected chi connectivity index (χ3v) is 3.61. The van der Waals surface area contributed by atoms with Gasteiger partial charge in [-0.3, -0.25) is 0 Å². The van der Waals surface area contributed by atoms with Gasteiger partial charge in [-0.1, -0.05) is 61.7 Å². The second-order valence-corrected chi connectivity index (χ2v) is 5.64. The number of hydrogen-bond donors (Lipinski definition) is 1. The van der Waals surface area contributed by atoms with E-state index in [0.29, 0.717) is 24.7 Å². The lowest BCUT2D eigenvalue weighted by atomic mass is 10.1. The molecule has 1 aromatic heterocycles. The number of unbranched alkanes of at least 4 members (excludes halogenated alkanes) is 3. The molecule has 0 saturated heterocycles. The van der Waals surface area contributed by atoms with Crippen LogP contribution in [0.15, 0.2) is 34.9 Å². The molecule has 6 heteroatoms. The Bertz CT molecular complexity index is 599. The molecule has 0 bridgehead atoms. The van der Waals surface area contributed by atoms with E-state index in [0.717, 1.165) is 25.7 Å². The zero-order valence-corrected chi connectivity index (χ0v) is 14.2. The molecule has 6 nitrogen and oxygen atoms in total. The van der Waals surface area contributed by atoms with Gasteiger partial charge < -0.3 is 14.6 Å². The van der Waals surface area contributed by atoms with Gasteiger partial charge in [-0.25, -0.2) is 4.79 Å². The van der Waals surface area contributed by atoms with Crippen LogP contribution in [0.3, 0.4) is 0 Å². The van der Waals surface area contributed by atoms with Crippen molar-refractivity contribution < 1.29 is 14.1 Å². The molecule has 0 spiro atoms. The number of ether oxygens (including phenoxy) is 1. The molecule has 1 N–H and O–H groups in total. The molecule has 0 unspecified atom stereocenters. The lowest BCUT2D eigenvalue weighted by Gasteiger charge is -2.04. The average Bonchev–Trinajstić information content (AvgIpc) is 3.07.